The molecule has 1 aromatic heterocycles. The van der Waals surface area contributed by atoms with Gasteiger partial charge in [-0.05, 0) is 37.1 Å². The van der Waals surface area contributed by atoms with Crippen LogP contribution in [0.15, 0.2) is 17.5 Å². The summed E-state index contributed by atoms with van der Waals surface area (Å²) in [7, 11) is 0. The molecule has 16 heavy (non-hydrogen) atoms. The molecule has 1 aromatic rings. The molecule has 2 fully saturated rings. The monoisotopic (exact) mass is 235 g/mol. The SMILES string of the molecule is c1csc(C2(CNC3CC3)CCCCC2)c1. The maximum atomic E-state index is 3.76. The predicted molar refractivity (Wildman–Crippen MR) is 70.1 cm³/mol. The molecular weight excluding hydrogens is 214 g/mol. The van der Waals surface area contributed by atoms with Crippen LogP contribution in [0.5, 0.6) is 0 Å². The fraction of sp³-hybridized carbons (Fsp3) is 0.714. The molecule has 3 rings (SSSR count). The maximum absolute atomic E-state index is 3.76. The second-order valence-electron chi connectivity index (χ2n) is 5.47. The van der Waals surface area contributed by atoms with Crippen LogP contribution in [0.1, 0.15) is 49.8 Å². The molecule has 0 unspecified atom stereocenters. The van der Waals surface area contributed by atoms with Gasteiger partial charge in [0.15, 0.2) is 0 Å². The van der Waals surface area contributed by atoms with Crippen molar-refractivity contribution in [1.29, 1.82) is 0 Å². The fourth-order valence-electron chi connectivity index (χ4n) is 2.95. The summed E-state index contributed by atoms with van der Waals surface area (Å²) in [4.78, 5) is 1.63. The lowest BCUT2D eigenvalue weighted by Crippen LogP contribution is -2.40. The highest BCUT2D eigenvalue weighted by molar-refractivity contribution is 7.10. The zero-order valence-corrected chi connectivity index (χ0v) is 10.7. The van der Waals surface area contributed by atoms with Crippen molar-refractivity contribution in [2.75, 3.05) is 6.54 Å². The van der Waals surface area contributed by atoms with Crippen molar-refractivity contribution in [1.82, 2.24) is 5.32 Å². The molecule has 0 radical (unpaired) electrons. The third-order valence-electron chi connectivity index (χ3n) is 4.16. The number of thiophene rings is 1. The van der Waals surface area contributed by atoms with E-state index in [0.717, 1.165) is 6.04 Å². The molecule has 0 bridgehead atoms. The molecule has 0 spiro atoms. The van der Waals surface area contributed by atoms with Gasteiger partial charge in [-0.1, -0.05) is 25.3 Å². The summed E-state index contributed by atoms with van der Waals surface area (Å²) >= 11 is 1.96. The first-order chi connectivity index (χ1) is 7.89. The van der Waals surface area contributed by atoms with Gasteiger partial charge >= 0.3 is 0 Å². The minimum Gasteiger partial charge on any atom is -0.313 e. The molecule has 2 aliphatic rings. The molecule has 2 heteroatoms. The van der Waals surface area contributed by atoms with Crippen LogP contribution in [-0.4, -0.2) is 12.6 Å². The van der Waals surface area contributed by atoms with Crippen LogP contribution in [0.2, 0.25) is 0 Å². The minimum absolute atomic E-state index is 0.481. The standard InChI is InChI=1S/C14H21NS/c1-2-8-14(9-3-1,11-15-12-6-7-12)13-5-4-10-16-13/h4-5,10,12,15H,1-3,6-9,11H2. The van der Waals surface area contributed by atoms with Crippen molar-refractivity contribution in [3.8, 4) is 0 Å². The van der Waals surface area contributed by atoms with Crippen LogP contribution < -0.4 is 5.32 Å². The topological polar surface area (TPSA) is 12.0 Å². The summed E-state index contributed by atoms with van der Waals surface area (Å²) in [5.41, 5.74) is 0.481. The van der Waals surface area contributed by atoms with Crippen LogP contribution >= 0.6 is 11.3 Å². The second-order valence-corrected chi connectivity index (χ2v) is 6.42. The van der Waals surface area contributed by atoms with Gasteiger partial charge < -0.3 is 5.32 Å². The Morgan fingerprint density at radius 3 is 2.69 bits per heavy atom. The summed E-state index contributed by atoms with van der Waals surface area (Å²) < 4.78 is 0. The average Bonchev–Trinajstić information content (AvgIpc) is 2.99. The van der Waals surface area contributed by atoms with Gasteiger partial charge in [-0.15, -0.1) is 11.3 Å². The van der Waals surface area contributed by atoms with Crippen LogP contribution in [-0.2, 0) is 5.41 Å². The first kappa shape index (κ1) is 10.8. The van der Waals surface area contributed by atoms with E-state index < -0.39 is 0 Å². The van der Waals surface area contributed by atoms with Crippen molar-refractivity contribution >= 4 is 11.3 Å². The Balaban J connectivity index is 1.75. The van der Waals surface area contributed by atoms with E-state index in [0.29, 0.717) is 5.41 Å². The molecule has 1 nitrogen and oxygen atoms in total. The summed E-state index contributed by atoms with van der Waals surface area (Å²) in [6.07, 6.45) is 9.88. The van der Waals surface area contributed by atoms with E-state index in [2.05, 4.69) is 22.8 Å². The normalized spacial score (nSPS) is 24.5. The molecule has 2 aliphatic carbocycles. The van der Waals surface area contributed by atoms with Crippen LogP contribution in [0, 0.1) is 0 Å². The third-order valence-corrected chi connectivity index (χ3v) is 5.28. The smallest absolute Gasteiger partial charge is 0.0172 e. The maximum Gasteiger partial charge on any atom is 0.0172 e. The Hall–Kier alpha value is -0.340. The molecule has 0 aliphatic heterocycles. The number of rotatable bonds is 4. The summed E-state index contributed by atoms with van der Waals surface area (Å²) in [5.74, 6) is 0. The lowest BCUT2D eigenvalue weighted by molar-refractivity contribution is 0.284. The largest absolute Gasteiger partial charge is 0.313 e. The molecule has 1 heterocycles. The molecule has 0 saturated heterocycles. The summed E-state index contributed by atoms with van der Waals surface area (Å²) in [5, 5.41) is 6.00. The Morgan fingerprint density at radius 2 is 2.06 bits per heavy atom. The van der Waals surface area contributed by atoms with E-state index in [4.69, 9.17) is 0 Å². The summed E-state index contributed by atoms with van der Waals surface area (Å²) in [6, 6.07) is 5.41. The van der Waals surface area contributed by atoms with Crippen LogP contribution in [0.25, 0.3) is 0 Å². The molecule has 88 valence electrons. The Kier molecular flexibility index (Phi) is 3.03. The van der Waals surface area contributed by atoms with E-state index in [1.54, 1.807) is 4.88 Å². The average molecular weight is 235 g/mol. The van der Waals surface area contributed by atoms with E-state index >= 15 is 0 Å². The first-order valence-corrected chi connectivity index (χ1v) is 7.54. The van der Waals surface area contributed by atoms with Crippen LogP contribution in [0.4, 0.5) is 0 Å². The zero-order valence-electron chi connectivity index (χ0n) is 9.87. The van der Waals surface area contributed by atoms with Crippen molar-refractivity contribution in [3.63, 3.8) is 0 Å². The van der Waals surface area contributed by atoms with Gasteiger partial charge in [0.1, 0.15) is 0 Å². The Morgan fingerprint density at radius 1 is 1.25 bits per heavy atom. The highest BCUT2D eigenvalue weighted by Gasteiger charge is 2.36. The van der Waals surface area contributed by atoms with Gasteiger partial charge in [0.25, 0.3) is 0 Å². The molecular formula is C14H21NS. The Labute approximate surface area is 102 Å². The van der Waals surface area contributed by atoms with Crippen molar-refractivity contribution in [2.24, 2.45) is 0 Å². The molecule has 0 aromatic carbocycles. The zero-order chi connectivity index (χ0) is 10.8. The van der Waals surface area contributed by atoms with E-state index in [-0.39, 0.29) is 0 Å². The lowest BCUT2D eigenvalue weighted by Gasteiger charge is -2.37. The number of hydrogen-bond donors (Lipinski definition) is 1. The second kappa shape index (κ2) is 4.50. The number of hydrogen-bond acceptors (Lipinski definition) is 2. The summed E-state index contributed by atoms with van der Waals surface area (Å²) in [6.45, 7) is 1.22. The molecule has 1 N–H and O–H groups in total. The van der Waals surface area contributed by atoms with Crippen molar-refractivity contribution in [2.45, 2.75) is 56.4 Å². The highest BCUT2D eigenvalue weighted by atomic mass is 32.1. The van der Waals surface area contributed by atoms with Gasteiger partial charge in [-0.2, -0.15) is 0 Å². The minimum atomic E-state index is 0.481. The molecule has 0 atom stereocenters. The predicted octanol–water partition coefficient (Wildman–Crippen LogP) is 3.70. The van der Waals surface area contributed by atoms with E-state index in [9.17, 15) is 0 Å². The number of nitrogens with one attached hydrogen (secondary N) is 1. The van der Waals surface area contributed by atoms with Crippen molar-refractivity contribution < 1.29 is 0 Å². The first-order valence-electron chi connectivity index (χ1n) is 6.66. The van der Waals surface area contributed by atoms with E-state index in [1.807, 2.05) is 11.3 Å². The van der Waals surface area contributed by atoms with Crippen molar-refractivity contribution in [3.05, 3.63) is 22.4 Å². The molecule has 0 amide bonds. The van der Waals surface area contributed by atoms with Gasteiger partial charge in [-0.25, -0.2) is 0 Å². The van der Waals surface area contributed by atoms with E-state index in [1.165, 1.54) is 51.5 Å². The quantitative estimate of drug-likeness (QED) is 0.839. The van der Waals surface area contributed by atoms with Crippen LogP contribution in [0.3, 0.4) is 0 Å². The van der Waals surface area contributed by atoms with Gasteiger partial charge in [0.2, 0.25) is 0 Å². The van der Waals surface area contributed by atoms with Gasteiger partial charge in [-0.3, -0.25) is 0 Å². The Bertz CT molecular complexity index is 321. The van der Waals surface area contributed by atoms with Gasteiger partial charge in [0.05, 0.1) is 0 Å². The lowest BCUT2D eigenvalue weighted by atomic mass is 9.73. The fourth-order valence-corrected chi connectivity index (χ4v) is 3.93. The highest BCUT2D eigenvalue weighted by Crippen LogP contribution is 2.41. The molecule has 2 saturated carbocycles. The van der Waals surface area contributed by atoms with Gasteiger partial charge in [0, 0.05) is 22.9 Å². The third kappa shape index (κ3) is 2.18.